The first-order chi connectivity index (χ1) is 23.9. The van der Waals surface area contributed by atoms with E-state index in [-0.39, 0.29) is 0 Å². The molecule has 0 amide bonds. The van der Waals surface area contributed by atoms with E-state index >= 15 is 0 Å². The Morgan fingerprint density at radius 2 is 0.551 bits per heavy atom. The maximum atomic E-state index is 2.53. The van der Waals surface area contributed by atoms with Crippen LogP contribution in [-0.4, -0.2) is 0 Å². The maximum absolute atomic E-state index is 2.53. The number of hydrogen-bond donors (Lipinski definition) is 0. The second-order valence-electron chi connectivity index (χ2n) is 13.4. The predicted molar refractivity (Wildman–Crippen MR) is 215 cm³/mol. The Morgan fingerprint density at radius 3 is 0.755 bits per heavy atom. The van der Waals surface area contributed by atoms with E-state index in [9.17, 15) is 0 Å². The fourth-order valence-electron chi connectivity index (χ4n) is 8.20. The molecule has 1 spiro atoms. The van der Waals surface area contributed by atoms with Crippen LogP contribution in [0.4, 0.5) is 0 Å². The van der Waals surface area contributed by atoms with Gasteiger partial charge in [-0.25, -0.2) is 0 Å². The molecule has 4 heteroatoms. The van der Waals surface area contributed by atoms with Crippen molar-refractivity contribution in [2.45, 2.75) is 33.1 Å². The second-order valence-corrected chi connectivity index (χ2v) is 18.6. The molecule has 0 aliphatic heterocycles. The van der Waals surface area contributed by atoms with E-state index in [1.54, 1.807) is 0 Å². The summed E-state index contributed by atoms with van der Waals surface area (Å²) in [5.41, 5.74) is 15.7. The summed E-state index contributed by atoms with van der Waals surface area (Å²) in [6, 6.07) is 47.2. The van der Waals surface area contributed by atoms with E-state index in [1.807, 2.05) is 45.3 Å². The Morgan fingerprint density at radius 1 is 0.306 bits per heavy atom. The second kappa shape index (κ2) is 10.8. The maximum Gasteiger partial charge on any atom is 0.0726 e. The van der Waals surface area contributed by atoms with E-state index < -0.39 is 5.41 Å². The molecule has 10 rings (SSSR count). The molecule has 0 N–H and O–H groups in total. The molecule has 2 aliphatic rings. The van der Waals surface area contributed by atoms with E-state index in [4.69, 9.17) is 0 Å². The lowest BCUT2D eigenvalue weighted by atomic mass is 9.69. The molecular formula is C45H32S4. The zero-order valence-corrected chi connectivity index (χ0v) is 30.9. The third-order valence-electron chi connectivity index (χ3n) is 10.4. The number of thiophene rings is 4. The lowest BCUT2D eigenvalue weighted by Gasteiger charge is -2.31. The Kier molecular flexibility index (Phi) is 6.54. The van der Waals surface area contributed by atoms with Crippen LogP contribution in [0.2, 0.25) is 0 Å². The van der Waals surface area contributed by atoms with Crippen molar-refractivity contribution in [2.24, 2.45) is 0 Å². The van der Waals surface area contributed by atoms with Gasteiger partial charge in [0, 0.05) is 39.0 Å². The molecule has 2 aliphatic carbocycles. The SMILES string of the molecule is Cc1ccc(-c2ccc3c(c2)C2(c4cc(-c5ccc(C)s5)ccc4-3)c3cc(-c4ccc(C)s4)ccc3-c3ccc(-c4ccc(C)s4)cc32)s1. The molecule has 0 unspecified atom stereocenters. The van der Waals surface area contributed by atoms with Crippen molar-refractivity contribution in [3.63, 3.8) is 0 Å². The summed E-state index contributed by atoms with van der Waals surface area (Å²) in [4.78, 5) is 10.7. The average molecular weight is 701 g/mol. The lowest BCUT2D eigenvalue weighted by molar-refractivity contribution is 0.795. The van der Waals surface area contributed by atoms with Crippen molar-refractivity contribution in [1.29, 1.82) is 0 Å². The van der Waals surface area contributed by atoms with Gasteiger partial charge in [-0.1, -0.05) is 48.5 Å². The van der Waals surface area contributed by atoms with Crippen molar-refractivity contribution in [3.8, 4) is 64.0 Å². The van der Waals surface area contributed by atoms with E-state index in [1.165, 1.54) is 106 Å². The first-order valence-corrected chi connectivity index (χ1v) is 20.0. The largest absolute Gasteiger partial charge is 0.141 e. The molecular weight excluding hydrogens is 669 g/mol. The average Bonchev–Trinajstić information content (AvgIpc) is 3.97. The van der Waals surface area contributed by atoms with Crippen molar-refractivity contribution in [3.05, 3.63) is 163 Å². The van der Waals surface area contributed by atoms with Crippen molar-refractivity contribution in [2.75, 3.05) is 0 Å². The number of hydrogen-bond acceptors (Lipinski definition) is 4. The smallest absolute Gasteiger partial charge is 0.0726 e. The molecule has 0 saturated carbocycles. The minimum Gasteiger partial charge on any atom is -0.141 e. The zero-order valence-electron chi connectivity index (χ0n) is 27.7. The Bertz CT molecular complexity index is 2250. The molecule has 8 aromatic rings. The summed E-state index contributed by atoms with van der Waals surface area (Å²) in [5, 5.41) is 0. The predicted octanol–water partition coefficient (Wildman–Crippen LogP) is 14.2. The molecule has 0 saturated heterocycles. The summed E-state index contributed by atoms with van der Waals surface area (Å²) in [7, 11) is 0. The van der Waals surface area contributed by atoms with Crippen LogP contribution in [0.5, 0.6) is 0 Å². The van der Waals surface area contributed by atoms with Gasteiger partial charge in [0.2, 0.25) is 0 Å². The van der Waals surface area contributed by atoms with Gasteiger partial charge in [-0.15, -0.1) is 45.3 Å². The van der Waals surface area contributed by atoms with Crippen LogP contribution < -0.4 is 0 Å². The van der Waals surface area contributed by atoms with Crippen LogP contribution in [0, 0.1) is 27.7 Å². The third-order valence-corrected chi connectivity index (χ3v) is 14.6. The highest BCUT2D eigenvalue weighted by Crippen LogP contribution is 2.64. The van der Waals surface area contributed by atoms with Crippen LogP contribution in [0.1, 0.15) is 41.8 Å². The van der Waals surface area contributed by atoms with E-state index in [0.717, 1.165) is 0 Å². The number of benzene rings is 4. The van der Waals surface area contributed by atoms with Crippen molar-refractivity contribution >= 4 is 45.3 Å². The number of rotatable bonds is 4. The third kappa shape index (κ3) is 4.38. The molecule has 0 radical (unpaired) electrons. The highest BCUT2D eigenvalue weighted by atomic mass is 32.1. The quantitative estimate of drug-likeness (QED) is 0.171. The first kappa shape index (κ1) is 29.6. The van der Waals surface area contributed by atoms with E-state index in [2.05, 4.69) is 149 Å². The van der Waals surface area contributed by atoms with Crippen LogP contribution in [0.3, 0.4) is 0 Å². The van der Waals surface area contributed by atoms with Crippen LogP contribution in [0.15, 0.2) is 121 Å². The van der Waals surface area contributed by atoms with Gasteiger partial charge in [0.25, 0.3) is 0 Å². The standard InChI is InChI=1S/C45H32S4/c1-25-5-17-41(46-25)29-9-13-33-34-14-10-30(42-18-6-26(2)47-42)22-38(34)45(37(33)21-29)39-23-31(43-19-7-27(3)48-43)11-15-35(39)36-16-12-32(24-40(36)45)44-20-8-28(4)49-44/h5-24H,1-4H3. The van der Waals surface area contributed by atoms with Gasteiger partial charge in [0.15, 0.2) is 0 Å². The summed E-state index contributed by atoms with van der Waals surface area (Å²) in [5.74, 6) is 0. The van der Waals surface area contributed by atoms with Gasteiger partial charge in [0.05, 0.1) is 5.41 Å². The van der Waals surface area contributed by atoms with Gasteiger partial charge in [-0.3, -0.25) is 0 Å². The molecule has 0 nitrogen and oxygen atoms in total. The number of aryl methyl sites for hydroxylation is 4. The summed E-state index contributed by atoms with van der Waals surface area (Å²) in [6.45, 7) is 8.82. The molecule has 49 heavy (non-hydrogen) atoms. The molecule has 0 atom stereocenters. The lowest BCUT2D eigenvalue weighted by Crippen LogP contribution is -2.26. The summed E-state index contributed by atoms with van der Waals surface area (Å²) in [6.07, 6.45) is 0. The van der Waals surface area contributed by atoms with Crippen LogP contribution >= 0.6 is 45.3 Å². The van der Waals surface area contributed by atoms with Gasteiger partial charge in [-0.2, -0.15) is 0 Å². The topological polar surface area (TPSA) is 0 Å². The molecule has 4 aromatic carbocycles. The Labute approximate surface area is 303 Å². The van der Waals surface area contributed by atoms with Gasteiger partial charge in [-0.05, 0) is 167 Å². The number of fused-ring (bicyclic) bond motifs is 10. The summed E-state index contributed by atoms with van der Waals surface area (Å²) >= 11 is 7.53. The molecule has 4 heterocycles. The Balaban J connectivity index is 1.33. The van der Waals surface area contributed by atoms with Crippen molar-refractivity contribution < 1.29 is 0 Å². The Hall–Kier alpha value is -4.32. The highest BCUT2D eigenvalue weighted by Gasteiger charge is 2.52. The summed E-state index contributed by atoms with van der Waals surface area (Å²) < 4.78 is 0. The highest BCUT2D eigenvalue weighted by molar-refractivity contribution is 7.16. The minimum atomic E-state index is -0.454. The van der Waals surface area contributed by atoms with Gasteiger partial charge >= 0.3 is 0 Å². The van der Waals surface area contributed by atoms with E-state index in [0.29, 0.717) is 0 Å². The molecule has 0 fully saturated rings. The molecule has 0 bridgehead atoms. The van der Waals surface area contributed by atoms with Gasteiger partial charge in [0.1, 0.15) is 0 Å². The fourth-order valence-corrected chi connectivity index (χ4v) is 11.7. The molecule has 236 valence electrons. The fraction of sp³-hybridized carbons (Fsp3) is 0.111. The van der Waals surface area contributed by atoms with Gasteiger partial charge < -0.3 is 0 Å². The monoisotopic (exact) mass is 700 g/mol. The normalized spacial score (nSPS) is 13.5. The van der Waals surface area contributed by atoms with Crippen LogP contribution in [0.25, 0.3) is 64.0 Å². The molecule has 4 aromatic heterocycles. The first-order valence-electron chi connectivity index (χ1n) is 16.7. The van der Waals surface area contributed by atoms with Crippen LogP contribution in [-0.2, 0) is 5.41 Å². The zero-order chi connectivity index (χ0) is 33.0. The minimum absolute atomic E-state index is 0.454. The van der Waals surface area contributed by atoms with Crippen molar-refractivity contribution in [1.82, 2.24) is 0 Å².